The largest absolute Gasteiger partial charge is 0.376 e. The first-order chi connectivity index (χ1) is 8.61. The van der Waals surface area contributed by atoms with Crippen molar-refractivity contribution in [2.75, 3.05) is 19.0 Å². The highest BCUT2D eigenvalue weighted by atomic mass is 16.1. The quantitative estimate of drug-likeness (QED) is 0.773. The van der Waals surface area contributed by atoms with E-state index in [2.05, 4.69) is 4.98 Å². The van der Waals surface area contributed by atoms with Crippen molar-refractivity contribution in [1.29, 1.82) is 0 Å². The van der Waals surface area contributed by atoms with Gasteiger partial charge in [-0.1, -0.05) is 30.3 Å². The number of nitrogens with zero attached hydrogens (tertiary/aromatic N) is 2. The summed E-state index contributed by atoms with van der Waals surface area (Å²) >= 11 is 0. The van der Waals surface area contributed by atoms with Crippen LogP contribution in [-0.2, 0) is 0 Å². The van der Waals surface area contributed by atoms with Crippen molar-refractivity contribution in [3.05, 3.63) is 48.3 Å². The van der Waals surface area contributed by atoms with Gasteiger partial charge in [0.25, 0.3) is 0 Å². The van der Waals surface area contributed by atoms with Gasteiger partial charge in [0.05, 0.1) is 17.4 Å². The van der Waals surface area contributed by atoms with Crippen molar-refractivity contribution < 1.29 is 4.79 Å². The number of rotatable bonds is 3. The summed E-state index contributed by atoms with van der Waals surface area (Å²) < 4.78 is 0. The molecular formula is C15H16N2O. The fourth-order valence-electron chi connectivity index (χ4n) is 2.00. The molecule has 3 nitrogen and oxygen atoms in total. The molecular weight excluding hydrogens is 224 g/mol. The zero-order valence-corrected chi connectivity index (χ0v) is 10.8. The number of carbonyl (C=O) groups is 1. The number of hydrogen-bond acceptors (Lipinski definition) is 3. The molecule has 2 rings (SSSR count). The lowest BCUT2D eigenvalue weighted by Gasteiger charge is -2.18. The molecule has 0 radical (unpaired) electrons. The maximum atomic E-state index is 11.9. The van der Waals surface area contributed by atoms with E-state index >= 15 is 0 Å². The number of benzene rings is 1. The first-order valence-corrected chi connectivity index (χ1v) is 5.83. The zero-order valence-electron chi connectivity index (χ0n) is 10.8. The maximum absolute atomic E-state index is 11.9. The second-order valence-electron chi connectivity index (χ2n) is 4.40. The minimum absolute atomic E-state index is 0.0555. The first-order valence-electron chi connectivity index (χ1n) is 5.83. The third kappa shape index (κ3) is 2.25. The standard InChI is InChI=1S/C15H16N2O/c1-11(18)15-13(12-7-5-4-6-8-12)9-16-10-14(15)17(2)3/h4-10H,1-3H3. The number of ketones is 1. The monoisotopic (exact) mass is 240 g/mol. The summed E-state index contributed by atoms with van der Waals surface area (Å²) in [6, 6.07) is 9.86. The predicted molar refractivity (Wildman–Crippen MR) is 74.0 cm³/mol. The molecule has 0 atom stereocenters. The number of pyridine rings is 1. The zero-order chi connectivity index (χ0) is 13.1. The van der Waals surface area contributed by atoms with Gasteiger partial charge >= 0.3 is 0 Å². The van der Waals surface area contributed by atoms with Gasteiger partial charge in [-0.25, -0.2) is 0 Å². The van der Waals surface area contributed by atoms with Crippen molar-refractivity contribution in [1.82, 2.24) is 4.98 Å². The predicted octanol–water partition coefficient (Wildman–Crippen LogP) is 3.02. The molecule has 18 heavy (non-hydrogen) atoms. The van der Waals surface area contributed by atoms with Crippen LogP contribution in [0.2, 0.25) is 0 Å². The van der Waals surface area contributed by atoms with Crippen molar-refractivity contribution in [2.45, 2.75) is 6.92 Å². The Morgan fingerprint density at radius 1 is 1.11 bits per heavy atom. The summed E-state index contributed by atoms with van der Waals surface area (Å²) in [6.45, 7) is 1.59. The topological polar surface area (TPSA) is 33.2 Å². The van der Waals surface area contributed by atoms with E-state index in [1.165, 1.54) is 0 Å². The molecule has 0 unspecified atom stereocenters. The number of aromatic nitrogens is 1. The number of hydrogen-bond donors (Lipinski definition) is 0. The minimum atomic E-state index is 0.0555. The van der Waals surface area contributed by atoms with Gasteiger partial charge in [-0.3, -0.25) is 9.78 Å². The van der Waals surface area contributed by atoms with E-state index in [0.29, 0.717) is 0 Å². The molecule has 3 heteroatoms. The van der Waals surface area contributed by atoms with Crippen LogP contribution in [0.4, 0.5) is 5.69 Å². The van der Waals surface area contributed by atoms with Gasteiger partial charge in [-0.2, -0.15) is 0 Å². The molecule has 1 heterocycles. The molecule has 0 aliphatic rings. The fraction of sp³-hybridized carbons (Fsp3) is 0.200. The van der Waals surface area contributed by atoms with Crippen molar-refractivity contribution in [3.8, 4) is 11.1 Å². The molecule has 0 spiro atoms. The summed E-state index contributed by atoms with van der Waals surface area (Å²) in [5, 5.41) is 0. The summed E-state index contributed by atoms with van der Waals surface area (Å²) in [7, 11) is 3.83. The van der Waals surface area contributed by atoms with Crippen molar-refractivity contribution >= 4 is 11.5 Å². The lowest BCUT2D eigenvalue weighted by molar-refractivity contribution is 0.101. The van der Waals surface area contributed by atoms with Crippen LogP contribution < -0.4 is 4.90 Å². The van der Waals surface area contributed by atoms with Crippen LogP contribution in [0.5, 0.6) is 0 Å². The summed E-state index contributed by atoms with van der Waals surface area (Å²) in [5.41, 5.74) is 3.47. The van der Waals surface area contributed by atoms with E-state index in [9.17, 15) is 4.79 Å². The van der Waals surface area contributed by atoms with E-state index in [0.717, 1.165) is 22.4 Å². The van der Waals surface area contributed by atoms with Gasteiger partial charge in [0, 0.05) is 25.9 Å². The second kappa shape index (κ2) is 5.00. The minimum Gasteiger partial charge on any atom is -0.376 e. The Balaban J connectivity index is 2.68. The lowest BCUT2D eigenvalue weighted by Crippen LogP contribution is -2.14. The van der Waals surface area contributed by atoms with Crippen LogP contribution in [0, 0.1) is 0 Å². The second-order valence-corrected chi connectivity index (χ2v) is 4.40. The van der Waals surface area contributed by atoms with Gasteiger partial charge < -0.3 is 4.90 Å². The highest BCUT2D eigenvalue weighted by Crippen LogP contribution is 2.29. The van der Waals surface area contributed by atoms with Gasteiger partial charge in [0.1, 0.15) is 0 Å². The molecule has 0 saturated carbocycles. The Hall–Kier alpha value is -2.16. The smallest absolute Gasteiger partial charge is 0.162 e. The molecule has 0 fully saturated rings. The van der Waals surface area contributed by atoms with Crippen LogP contribution in [0.15, 0.2) is 42.7 Å². The molecule has 92 valence electrons. The average molecular weight is 240 g/mol. The first kappa shape index (κ1) is 12.3. The average Bonchev–Trinajstić information content (AvgIpc) is 2.38. The van der Waals surface area contributed by atoms with E-state index in [1.54, 1.807) is 19.3 Å². The van der Waals surface area contributed by atoms with Crippen LogP contribution in [0.3, 0.4) is 0 Å². The van der Waals surface area contributed by atoms with Crippen LogP contribution >= 0.6 is 0 Å². The highest BCUT2D eigenvalue weighted by molar-refractivity contribution is 6.05. The Kier molecular flexibility index (Phi) is 3.42. The number of anilines is 1. The molecule has 1 aromatic heterocycles. The molecule has 0 aliphatic heterocycles. The highest BCUT2D eigenvalue weighted by Gasteiger charge is 2.15. The lowest BCUT2D eigenvalue weighted by atomic mass is 9.98. The van der Waals surface area contributed by atoms with Crippen molar-refractivity contribution in [3.63, 3.8) is 0 Å². The van der Waals surface area contributed by atoms with E-state index in [4.69, 9.17) is 0 Å². The van der Waals surface area contributed by atoms with Crippen LogP contribution in [0.1, 0.15) is 17.3 Å². The Bertz CT molecular complexity index is 562. The van der Waals surface area contributed by atoms with Gasteiger partial charge in [-0.15, -0.1) is 0 Å². The summed E-state index contributed by atoms with van der Waals surface area (Å²) in [4.78, 5) is 18.1. The molecule has 0 saturated heterocycles. The summed E-state index contributed by atoms with van der Waals surface area (Å²) in [6.07, 6.45) is 3.47. The third-order valence-electron chi connectivity index (χ3n) is 2.84. The summed E-state index contributed by atoms with van der Waals surface area (Å²) in [5.74, 6) is 0.0555. The molecule has 1 aromatic carbocycles. The van der Waals surface area contributed by atoms with Gasteiger partial charge in [0.15, 0.2) is 5.78 Å². The van der Waals surface area contributed by atoms with E-state index < -0.39 is 0 Å². The van der Waals surface area contributed by atoms with Crippen LogP contribution in [-0.4, -0.2) is 24.9 Å². The fourth-order valence-corrected chi connectivity index (χ4v) is 2.00. The van der Waals surface area contributed by atoms with Gasteiger partial charge in [-0.05, 0) is 12.5 Å². The number of Topliss-reactive ketones (excluding diaryl/α,β-unsaturated/α-hetero) is 1. The number of carbonyl (C=O) groups excluding carboxylic acids is 1. The third-order valence-corrected chi connectivity index (χ3v) is 2.84. The van der Waals surface area contributed by atoms with E-state index in [-0.39, 0.29) is 5.78 Å². The van der Waals surface area contributed by atoms with Gasteiger partial charge in [0.2, 0.25) is 0 Å². The molecule has 2 aromatic rings. The van der Waals surface area contributed by atoms with Crippen LogP contribution in [0.25, 0.3) is 11.1 Å². The Morgan fingerprint density at radius 2 is 1.78 bits per heavy atom. The molecule has 0 aliphatic carbocycles. The Morgan fingerprint density at radius 3 is 2.33 bits per heavy atom. The van der Waals surface area contributed by atoms with Crippen molar-refractivity contribution in [2.24, 2.45) is 0 Å². The molecule has 0 amide bonds. The molecule has 0 N–H and O–H groups in total. The SMILES string of the molecule is CC(=O)c1c(-c2ccccc2)cncc1N(C)C. The maximum Gasteiger partial charge on any atom is 0.162 e. The van der Waals surface area contributed by atoms with E-state index in [1.807, 2.05) is 49.3 Å². The normalized spacial score (nSPS) is 10.2. The Labute approximate surface area is 107 Å². The molecule has 0 bridgehead atoms.